The maximum Gasteiger partial charge on any atom is 0.417 e. The van der Waals surface area contributed by atoms with Gasteiger partial charge in [0.25, 0.3) is 5.69 Å². The van der Waals surface area contributed by atoms with E-state index in [4.69, 9.17) is 4.74 Å². The summed E-state index contributed by atoms with van der Waals surface area (Å²) in [6.07, 6.45) is -3.87. The van der Waals surface area contributed by atoms with Crippen LogP contribution in [0.25, 0.3) is 11.3 Å². The highest BCUT2D eigenvalue weighted by atomic mass is 32.2. The normalized spacial score (nSPS) is 11.3. The van der Waals surface area contributed by atoms with Gasteiger partial charge in [0.2, 0.25) is 0 Å². The molecule has 30 heavy (non-hydrogen) atoms. The molecule has 2 aromatic heterocycles. The second-order valence-electron chi connectivity index (χ2n) is 5.67. The Labute approximate surface area is 170 Å². The predicted octanol–water partition coefficient (Wildman–Crippen LogP) is 4.12. The van der Waals surface area contributed by atoms with E-state index in [9.17, 15) is 28.1 Å². The van der Waals surface area contributed by atoms with Gasteiger partial charge in [-0.05, 0) is 25.1 Å². The molecule has 0 fully saturated rings. The Morgan fingerprint density at radius 3 is 2.63 bits per heavy atom. The van der Waals surface area contributed by atoms with Crippen LogP contribution in [0.5, 0.6) is 0 Å². The number of carbonyl (C=O) groups is 1. The summed E-state index contributed by atoms with van der Waals surface area (Å²) >= 11 is 0.831. The Morgan fingerprint density at radius 1 is 1.27 bits per heavy atom. The van der Waals surface area contributed by atoms with Crippen molar-refractivity contribution in [1.82, 2.24) is 20.4 Å². The number of nitro groups is 1. The minimum atomic E-state index is -4.53. The lowest BCUT2D eigenvalue weighted by Crippen LogP contribution is -2.07. The van der Waals surface area contributed by atoms with Gasteiger partial charge in [0.05, 0.1) is 22.0 Å². The van der Waals surface area contributed by atoms with Gasteiger partial charge in [-0.15, -0.1) is 5.10 Å². The molecule has 3 aromatic rings. The molecule has 0 saturated heterocycles. The maximum absolute atomic E-state index is 12.7. The van der Waals surface area contributed by atoms with Gasteiger partial charge in [0.1, 0.15) is 10.7 Å². The zero-order chi connectivity index (χ0) is 21.9. The molecule has 0 radical (unpaired) electrons. The number of nitrogens with one attached hydrogen (secondary N) is 1. The van der Waals surface area contributed by atoms with E-state index in [1.807, 2.05) is 0 Å². The van der Waals surface area contributed by atoms with Gasteiger partial charge in [-0.2, -0.15) is 23.5 Å². The zero-order valence-corrected chi connectivity index (χ0v) is 16.0. The van der Waals surface area contributed by atoms with Crippen molar-refractivity contribution in [3.05, 3.63) is 57.9 Å². The van der Waals surface area contributed by atoms with Crippen LogP contribution in [0, 0.1) is 10.1 Å². The van der Waals surface area contributed by atoms with Crippen LogP contribution in [0.3, 0.4) is 0 Å². The molecule has 0 aliphatic rings. The fourth-order valence-corrected chi connectivity index (χ4v) is 3.23. The summed E-state index contributed by atoms with van der Waals surface area (Å²) in [4.78, 5) is 26.7. The highest BCUT2D eigenvalue weighted by Crippen LogP contribution is 2.37. The van der Waals surface area contributed by atoms with E-state index in [-0.39, 0.29) is 39.2 Å². The molecule has 0 spiro atoms. The summed E-state index contributed by atoms with van der Waals surface area (Å²) < 4.78 is 42.8. The first-order valence-corrected chi connectivity index (χ1v) is 9.10. The number of halogens is 3. The molecule has 0 aliphatic heterocycles. The first-order valence-electron chi connectivity index (χ1n) is 8.28. The van der Waals surface area contributed by atoms with Gasteiger partial charge in [-0.3, -0.25) is 10.1 Å². The van der Waals surface area contributed by atoms with E-state index in [0.717, 1.165) is 23.9 Å². The van der Waals surface area contributed by atoms with Crippen molar-refractivity contribution in [2.24, 2.45) is 0 Å². The summed E-state index contributed by atoms with van der Waals surface area (Å²) in [7, 11) is 0. The quantitative estimate of drug-likeness (QED) is 0.346. The molecule has 13 heteroatoms. The molecule has 156 valence electrons. The van der Waals surface area contributed by atoms with E-state index in [2.05, 4.69) is 20.4 Å². The average molecular weight is 439 g/mol. The van der Waals surface area contributed by atoms with Crippen LogP contribution in [0.4, 0.5) is 18.9 Å². The third-order valence-corrected chi connectivity index (χ3v) is 4.74. The minimum Gasteiger partial charge on any atom is -0.461 e. The van der Waals surface area contributed by atoms with Crippen molar-refractivity contribution >= 4 is 23.4 Å². The molecule has 0 amide bonds. The summed E-state index contributed by atoms with van der Waals surface area (Å²) in [5, 5.41) is 21.5. The summed E-state index contributed by atoms with van der Waals surface area (Å²) in [6.45, 7) is 1.73. The zero-order valence-electron chi connectivity index (χ0n) is 15.1. The number of aromatic nitrogens is 4. The summed E-state index contributed by atoms with van der Waals surface area (Å²) in [6, 6.07) is 6.02. The van der Waals surface area contributed by atoms with Gasteiger partial charge >= 0.3 is 12.1 Å². The number of pyridine rings is 1. The third kappa shape index (κ3) is 4.56. The molecule has 0 aliphatic carbocycles. The van der Waals surface area contributed by atoms with E-state index in [0.29, 0.717) is 6.20 Å². The number of rotatable bonds is 6. The largest absolute Gasteiger partial charge is 0.461 e. The highest BCUT2D eigenvalue weighted by Gasteiger charge is 2.31. The molecular weight excluding hydrogens is 427 g/mol. The van der Waals surface area contributed by atoms with E-state index in [1.165, 1.54) is 18.2 Å². The van der Waals surface area contributed by atoms with Crippen molar-refractivity contribution in [2.45, 2.75) is 23.0 Å². The Bertz CT molecular complexity index is 1090. The monoisotopic (exact) mass is 439 g/mol. The molecule has 0 atom stereocenters. The smallest absolute Gasteiger partial charge is 0.417 e. The fraction of sp³-hybridized carbons (Fsp3) is 0.176. The summed E-state index contributed by atoms with van der Waals surface area (Å²) in [5.74, 6) is -0.740. The molecule has 1 aromatic carbocycles. The molecule has 9 nitrogen and oxygen atoms in total. The molecular formula is C17H12F3N5O4S. The van der Waals surface area contributed by atoms with Crippen LogP contribution < -0.4 is 0 Å². The Balaban J connectivity index is 1.93. The number of carbonyl (C=O) groups excluding carboxylic acids is 1. The number of hydrogen-bond donors (Lipinski definition) is 1. The number of aromatic amines is 1. The van der Waals surface area contributed by atoms with Crippen molar-refractivity contribution in [2.75, 3.05) is 6.61 Å². The summed E-state index contributed by atoms with van der Waals surface area (Å²) in [5.41, 5.74) is -1.08. The van der Waals surface area contributed by atoms with Crippen molar-refractivity contribution in [3.8, 4) is 11.3 Å². The lowest BCUT2D eigenvalue weighted by atomic mass is 10.1. The maximum atomic E-state index is 12.7. The number of H-pyrrole nitrogens is 1. The fourth-order valence-electron chi connectivity index (χ4n) is 2.39. The lowest BCUT2D eigenvalue weighted by Gasteiger charge is -2.08. The second kappa shape index (κ2) is 8.49. The Hall–Kier alpha value is -3.48. The number of hydrogen-bond acceptors (Lipinski definition) is 8. The highest BCUT2D eigenvalue weighted by molar-refractivity contribution is 7.99. The molecule has 1 N–H and O–H groups in total. The van der Waals surface area contributed by atoms with Crippen LogP contribution in [-0.4, -0.2) is 37.9 Å². The van der Waals surface area contributed by atoms with Gasteiger partial charge in [-0.1, -0.05) is 17.8 Å². The number of ether oxygens (including phenoxy) is 1. The van der Waals surface area contributed by atoms with Gasteiger partial charge in [0, 0.05) is 17.8 Å². The number of nitrogens with zero attached hydrogens (tertiary/aromatic N) is 4. The number of benzene rings is 1. The van der Waals surface area contributed by atoms with Gasteiger partial charge < -0.3 is 4.74 Å². The Morgan fingerprint density at radius 2 is 2.03 bits per heavy atom. The number of esters is 1. The first-order chi connectivity index (χ1) is 14.2. The van der Waals surface area contributed by atoms with E-state index < -0.39 is 22.6 Å². The van der Waals surface area contributed by atoms with Crippen molar-refractivity contribution < 1.29 is 27.6 Å². The van der Waals surface area contributed by atoms with Crippen LogP contribution in [0.15, 0.2) is 46.5 Å². The SMILES string of the molecule is CCOC(=O)c1n[nH]nc1-c1ccc(Sc2ccc(C(F)(F)F)cn2)c([N+](=O)[O-])c1. The van der Waals surface area contributed by atoms with Gasteiger partial charge in [-0.25, -0.2) is 9.78 Å². The molecule has 0 unspecified atom stereocenters. The second-order valence-corrected chi connectivity index (χ2v) is 6.73. The van der Waals surface area contributed by atoms with E-state index >= 15 is 0 Å². The minimum absolute atomic E-state index is 0.0701. The van der Waals surface area contributed by atoms with Gasteiger partial charge in [0.15, 0.2) is 5.69 Å². The average Bonchev–Trinajstić information content (AvgIpc) is 3.18. The third-order valence-electron chi connectivity index (χ3n) is 3.72. The van der Waals surface area contributed by atoms with Crippen LogP contribution in [-0.2, 0) is 10.9 Å². The molecule has 2 heterocycles. The standard InChI is InChI=1S/C17H12F3N5O4S/c1-2-29-16(26)15-14(22-24-23-15)9-3-5-12(11(7-9)25(27)28)30-13-6-4-10(8-21-13)17(18,19)20/h3-8H,2H2,1H3,(H,22,23,24). The molecule has 0 bridgehead atoms. The number of alkyl halides is 3. The van der Waals surface area contributed by atoms with Crippen LogP contribution in [0.2, 0.25) is 0 Å². The first kappa shape index (κ1) is 21.2. The predicted molar refractivity (Wildman–Crippen MR) is 97.8 cm³/mol. The molecule has 0 saturated carbocycles. The Kier molecular flexibility index (Phi) is 6.01. The van der Waals surface area contributed by atoms with Crippen molar-refractivity contribution in [3.63, 3.8) is 0 Å². The van der Waals surface area contributed by atoms with Crippen molar-refractivity contribution in [1.29, 1.82) is 0 Å². The molecule has 3 rings (SSSR count). The number of nitro benzene ring substituents is 1. The topological polar surface area (TPSA) is 124 Å². The van der Waals surface area contributed by atoms with Crippen LogP contribution in [0.1, 0.15) is 23.0 Å². The van der Waals surface area contributed by atoms with Crippen LogP contribution >= 0.6 is 11.8 Å². The van der Waals surface area contributed by atoms with E-state index in [1.54, 1.807) is 6.92 Å². The lowest BCUT2D eigenvalue weighted by molar-refractivity contribution is -0.387.